The first-order valence-corrected chi connectivity index (χ1v) is 11.1. The van der Waals surface area contributed by atoms with Gasteiger partial charge in [-0.15, -0.1) is 0 Å². The summed E-state index contributed by atoms with van der Waals surface area (Å²) in [5.74, 6) is 0. The van der Waals surface area contributed by atoms with Gasteiger partial charge in [0.2, 0.25) is 0 Å². The number of rotatable bonds is 6. The lowest BCUT2D eigenvalue weighted by atomic mass is 9.98. The van der Waals surface area contributed by atoms with Crippen molar-refractivity contribution in [2.45, 2.75) is 53.8 Å². The Labute approximate surface area is 185 Å². The van der Waals surface area contributed by atoms with Gasteiger partial charge in [-0.25, -0.2) is 0 Å². The van der Waals surface area contributed by atoms with Gasteiger partial charge in [0.25, 0.3) is 0 Å². The van der Waals surface area contributed by atoms with Gasteiger partial charge < -0.3 is 35.5 Å². The van der Waals surface area contributed by atoms with E-state index in [2.05, 4.69) is 24.3 Å². The predicted octanol–water partition coefficient (Wildman–Crippen LogP) is 1.57. The summed E-state index contributed by atoms with van der Waals surface area (Å²) in [4.78, 5) is 2.04. The normalized spacial score (nSPS) is 26.5. The lowest BCUT2D eigenvalue weighted by molar-refractivity contribution is -0.250. The molecule has 0 bridgehead atoms. The summed E-state index contributed by atoms with van der Waals surface area (Å²) in [5, 5.41) is 41.6. The molecule has 0 unspecified atom stereocenters. The van der Waals surface area contributed by atoms with Gasteiger partial charge in [-0.1, -0.05) is 42.1 Å². The largest absolute Gasteiger partial charge is 0.394 e. The van der Waals surface area contributed by atoms with Gasteiger partial charge >= 0.3 is 0 Å². The standard InChI is InChI=1S/C23H28N2O5S/c1-13-3-2-4-16-18(31-15-7-5-14(6-8-15)9-10-24)11-25(19(13)16)23-22(29)21(28)20(27)17(12-26)30-23/h2-8,11,17,20-23,26-29H,9-10,12,24H2,1H3/t17-,20-,21+,22-,23-/m1/s1. The molecule has 1 fully saturated rings. The van der Waals surface area contributed by atoms with Gasteiger partial charge in [0.05, 0.1) is 12.1 Å². The van der Waals surface area contributed by atoms with Crippen LogP contribution in [0.15, 0.2) is 58.5 Å². The molecule has 0 amide bonds. The Morgan fingerprint density at radius 3 is 2.45 bits per heavy atom. The quantitative estimate of drug-likeness (QED) is 0.391. The van der Waals surface area contributed by atoms with E-state index in [1.54, 1.807) is 16.3 Å². The topological polar surface area (TPSA) is 121 Å². The highest BCUT2D eigenvalue weighted by Gasteiger charge is 2.44. The fourth-order valence-electron chi connectivity index (χ4n) is 4.07. The molecule has 166 valence electrons. The highest BCUT2D eigenvalue weighted by atomic mass is 32.2. The molecule has 1 aliphatic heterocycles. The van der Waals surface area contributed by atoms with Gasteiger partial charge in [0, 0.05) is 21.4 Å². The van der Waals surface area contributed by atoms with Crippen molar-refractivity contribution in [3.05, 3.63) is 59.8 Å². The maximum absolute atomic E-state index is 10.7. The van der Waals surface area contributed by atoms with E-state index in [1.165, 1.54) is 5.56 Å². The Morgan fingerprint density at radius 1 is 1.03 bits per heavy atom. The predicted molar refractivity (Wildman–Crippen MR) is 119 cm³/mol. The van der Waals surface area contributed by atoms with Gasteiger partial charge in [-0.05, 0) is 43.1 Å². The SMILES string of the molecule is Cc1cccc2c(Sc3ccc(CCN)cc3)cn([C@@H]3O[C@H](CO)[C@@H](O)[C@H](O)[C@H]3O)c12. The summed E-state index contributed by atoms with van der Waals surface area (Å²) in [7, 11) is 0. The lowest BCUT2D eigenvalue weighted by Crippen LogP contribution is -2.56. The van der Waals surface area contributed by atoms with Crippen LogP contribution in [0.3, 0.4) is 0 Å². The zero-order valence-corrected chi connectivity index (χ0v) is 18.1. The average molecular weight is 445 g/mol. The van der Waals surface area contributed by atoms with Crippen LogP contribution in [0.5, 0.6) is 0 Å². The first-order chi connectivity index (χ1) is 14.9. The minimum Gasteiger partial charge on any atom is -0.394 e. The molecule has 6 N–H and O–H groups in total. The molecule has 0 spiro atoms. The van der Waals surface area contributed by atoms with Crippen molar-refractivity contribution in [2.75, 3.05) is 13.2 Å². The first-order valence-electron chi connectivity index (χ1n) is 10.3. The molecular weight excluding hydrogens is 416 g/mol. The minimum absolute atomic E-state index is 0.462. The molecule has 3 aromatic rings. The van der Waals surface area contributed by atoms with E-state index in [-0.39, 0.29) is 0 Å². The second kappa shape index (κ2) is 9.30. The van der Waals surface area contributed by atoms with Crippen molar-refractivity contribution in [1.29, 1.82) is 0 Å². The number of aromatic nitrogens is 1. The molecule has 5 atom stereocenters. The van der Waals surface area contributed by atoms with Crippen molar-refractivity contribution in [3.63, 3.8) is 0 Å². The van der Waals surface area contributed by atoms with E-state index in [0.717, 1.165) is 32.7 Å². The molecule has 2 aromatic carbocycles. The Hall–Kier alpha value is -1.91. The number of nitrogens with two attached hydrogens (primary N) is 1. The van der Waals surface area contributed by atoms with Crippen molar-refractivity contribution in [1.82, 2.24) is 4.57 Å². The van der Waals surface area contributed by atoms with E-state index in [1.807, 2.05) is 31.3 Å². The number of ether oxygens (including phenoxy) is 1. The molecule has 4 rings (SSSR count). The summed E-state index contributed by atoms with van der Waals surface area (Å²) in [6, 6.07) is 14.2. The molecule has 31 heavy (non-hydrogen) atoms. The van der Waals surface area contributed by atoms with E-state index < -0.39 is 37.3 Å². The summed E-state index contributed by atoms with van der Waals surface area (Å²) in [5.41, 5.74) is 8.67. The van der Waals surface area contributed by atoms with Gasteiger partial charge in [0.15, 0.2) is 6.23 Å². The van der Waals surface area contributed by atoms with Crippen LogP contribution in [0.2, 0.25) is 0 Å². The number of hydrogen-bond donors (Lipinski definition) is 5. The maximum Gasteiger partial charge on any atom is 0.163 e. The van der Waals surface area contributed by atoms with E-state index in [4.69, 9.17) is 10.5 Å². The van der Waals surface area contributed by atoms with E-state index >= 15 is 0 Å². The molecule has 1 aliphatic rings. The maximum atomic E-state index is 10.7. The molecule has 7 nitrogen and oxygen atoms in total. The van der Waals surface area contributed by atoms with Crippen LogP contribution < -0.4 is 5.73 Å². The van der Waals surface area contributed by atoms with E-state index in [0.29, 0.717) is 6.54 Å². The van der Waals surface area contributed by atoms with Gasteiger partial charge in [-0.3, -0.25) is 0 Å². The summed E-state index contributed by atoms with van der Waals surface area (Å²) in [6.45, 7) is 2.12. The number of hydrogen-bond acceptors (Lipinski definition) is 7. The molecule has 1 aromatic heterocycles. The molecule has 8 heteroatoms. The average Bonchev–Trinajstić information content (AvgIpc) is 3.13. The smallest absolute Gasteiger partial charge is 0.163 e. The lowest BCUT2D eigenvalue weighted by Gasteiger charge is -2.40. The number of fused-ring (bicyclic) bond motifs is 1. The van der Waals surface area contributed by atoms with Crippen LogP contribution in [0.1, 0.15) is 17.4 Å². The zero-order chi connectivity index (χ0) is 22.1. The van der Waals surface area contributed by atoms with Crippen molar-refractivity contribution in [3.8, 4) is 0 Å². The zero-order valence-electron chi connectivity index (χ0n) is 17.3. The summed E-state index contributed by atoms with van der Waals surface area (Å²) in [6.07, 6.45) is -3.34. The van der Waals surface area contributed by atoms with Gasteiger partial charge in [0.1, 0.15) is 24.4 Å². The molecule has 0 saturated carbocycles. The fraction of sp³-hybridized carbons (Fsp3) is 0.391. The molecule has 0 aliphatic carbocycles. The number of aliphatic hydroxyl groups is 4. The number of para-hydroxylation sites is 1. The van der Waals surface area contributed by atoms with E-state index in [9.17, 15) is 20.4 Å². The Kier molecular flexibility index (Phi) is 6.68. The second-order valence-electron chi connectivity index (χ2n) is 7.88. The summed E-state index contributed by atoms with van der Waals surface area (Å²) < 4.78 is 7.61. The minimum atomic E-state index is -1.43. The van der Waals surface area contributed by atoms with Crippen LogP contribution in [-0.2, 0) is 11.2 Å². The Balaban J connectivity index is 1.73. The highest BCUT2D eigenvalue weighted by molar-refractivity contribution is 7.99. The number of aryl methyl sites for hydroxylation is 1. The fourth-order valence-corrected chi connectivity index (χ4v) is 5.04. The number of nitrogens with zero attached hydrogens (tertiary/aromatic N) is 1. The Bertz CT molecular complexity index is 1040. The van der Waals surface area contributed by atoms with Crippen LogP contribution in [0, 0.1) is 6.92 Å². The summed E-state index contributed by atoms with van der Waals surface area (Å²) >= 11 is 1.60. The number of benzene rings is 2. The molecule has 2 heterocycles. The second-order valence-corrected chi connectivity index (χ2v) is 8.99. The third-order valence-corrected chi connectivity index (χ3v) is 6.80. The first kappa shape index (κ1) is 22.3. The number of aliphatic hydroxyl groups excluding tert-OH is 4. The molecular formula is C23H28N2O5S. The highest BCUT2D eigenvalue weighted by Crippen LogP contribution is 2.40. The molecule has 0 radical (unpaired) electrons. The Morgan fingerprint density at radius 2 is 1.77 bits per heavy atom. The van der Waals surface area contributed by atoms with Crippen LogP contribution in [0.25, 0.3) is 10.9 Å². The van der Waals surface area contributed by atoms with Crippen molar-refractivity contribution in [2.24, 2.45) is 5.73 Å². The van der Waals surface area contributed by atoms with Crippen molar-refractivity contribution >= 4 is 22.7 Å². The van der Waals surface area contributed by atoms with Gasteiger partial charge in [-0.2, -0.15) is 0 Å². The molecule has 1 saturated heterocycles. The van der Waals surface area contributed by atoms with Crippen LogP contribution in [-0.4, -0.2) is 62.6 Å². The third-order valence-electron chi connectivity index (χ3n) is 5.74. The van der Waals surface area contributed by atoms with Crippen LogP contribution in [0.4, 0.5) is 0 Å². The monoisotopic (exact) mass is 444 g/mol. The third kappa shape index (κ3) is 4.25. The van der Waals surface area contributed by atoms with Crippen molar-refractivity contribution < 1.29 is 25.2 Å². The van der Waals surface area contributed by atoms with Crippen LogP contribution >= 0.6 is 11.8 Å².